The monoisotopic (exact) mass is 1510 g/mol. The molecule has 0 saturated heterocycles. The molecule has 0 bridgehead atoms. The van der Waals surface area contributed by atoms with Crippen LogP contribution in [0.4, 0.5) is 45.5 Å². The van der Waals surface area contributed by atoms with Crippen molar-refractivity contribution in [3.63, 3.8) is 0 Å². The van der Waals surface area contributed by atoms with Crippen molar-refractivity contribution in [3.05, 3.63) is 340 Å². The quantitative estimate of drug-likeness (QED) is 0.0590. The van der Waals surface area contributed by atoms with E-state index in [0.29, 0.717) is 63.3 Å². The van der Waals surface area contributed by atoms with Crippen molar-refractivity contribution in [2.45, 2.75) is 6.42 Å². The summed E-state index contributed by atoms with van der Waals surface area (Å²) in [7, 11) is 0. The molecular weight excluding hydrogens is 1450 g/mol. The predicted molar refractivity (Wildman–Crippen MR) is 396 cm³/mol. The third kappa shape index (κ3) is 13.2. The average Bonchev–Trinajstić information content (AvgIpc) is 1.28. The number of anilines is 8. The zero-order chi connectivity index (χ0) is 65.7. The van der Waals surface area contributed by atoms with E-state index >= 15 is 0 Å². The number of benzene rings is 13. The molecule has 13 aromatic carbocycles. The van der Waals surface area contributed by atoms with Crippen LogP contribution in [-0.2, 0) is 0 Å². The van der Waals surface area contributed by atoms with E-state index in [1.54, 1.807) is 18.2 Å². The molecule has 13 aromatic rings. The van der Waals surface area contributed by atoms with Gasteiger partial charge in [0.05, 0.1) is 6.42 Å². The van der Waals surface area contributed by atoms with Crippen molar-refractivity contribution in [2.75, 3.05) is 15.1 Å². The van der Waals surface area contributed by atoms with E-state index in [4.69, 9.17) is 0 Å². The first-order valence-electron chi connectivity index (χ1n) is 30.8. The summed E-state index contributed by atoms with van der Waals surface area (Å²) < 4.78 is 9.34. The summed E-state index contributed by atoms with van der Waals surface area (Å²) >= 11 is 4.30. The molecule has 96 heavy (non-hydrogen) atoms. The first-order valence-corrected chi connectivity index (χ1v) is 36.7. The zero-order valence-electron chi connectivity index (χ0n) is 51.1. The molecule has 3 heterocycles. The van der Waals surface area contributed by atoms with Crippen LogP contribution in [0.3, 0.4) is 0 Å². The Balaban J connectivity index is 0.000000112. The Labute approximate surface area is 582 Å². The SMILES string of the molecule is O=C1C(=Cc2ccc(N3c4ccccc4[Se]c4ccccc43)cc2)C(=O)c2cc3ccccc3cc21.O=C1CC(=O)c2cc3ccccc3cc21.O=Cc1ccc(Br)cc1.O=Cc1ccc(N2c3ccccc3[Se]c3ccccc32)cc1.c1ccc2c(c1)Nc1ccccc1[Se]2. The van der Waals surface area contributed by atoms with Gasteiger partial charge in [0.25, 0.3) is 0 Å². The molecule has 0 amide bonds. The van der Waals surface area contributed by atoms with E-state index in [1.807, 2.05) is 121 Å². The number of carbonyl (C=O) groups is 6. The third-order valence-corrected chi connectivity index (χ3v) is 24.2. The Bertz CT molecular complexity index is 4980. The summed E-state index contributed by atoms with van der Waals surface area (Å²) in [6, 6.07) is 97.2. The number of aldehydes is 2. The summed E-state index contributed by atoms with van der Waals surface area (Å²) in [4.78, 5) is 74.9. The van der Waals surface area contributed by atoms with E-state index in [-0.39, 0.29) is 50.1 Å². The van der Waals surface area contributed by atoms with Gasteiger partial charge in [-0.1, -0.05) is 76.6 Å². The summed E-state index contributed by atoms with van der Waals surface area (Å²) in [6.45, 7) is 0. The van der Waals surface area contributed by atoms with Crippen molar-refractivity contribution in [1.29, 1.82) is 0 Å². The van der Waals surface area contributed by atoms with Crippen LogP contribution in [0.15, 0.2) is 301 Å². The molecule has 0 aromatic heterocycles. The molecule has 0 radical (unpaired) electrons. The standard InChI is InChI=1S/C32H19NO2Se.C19H13NOSe.C13H8O2.C12H9NSe.C7H5BrO/c34-31-24-18-21-7-1-2-8-22(21)19-25(24)32(35)26(31)17-20-13-15-23(16-14-20)33-27-9-3-5-11-29(27)36-30-12-6-4-10-28(30)33;21-13-14-9-11-15(12-10-14)20-16-5-1-3-7-18(16)22-19-8-4-2-6-17(19)20;14-12-7-13(15)11-6-9-4-2-1-3-8(9)5-10(11)12;1-3-7-11-9(5-1)13-10-6-2-4-8-12(10)14-11;8-7-3-1-6(5-9)2-4-7/h1-19H;1-13H;1-6H,7H2;1-8,13H;1-5H. The van der Waals surface area contributed by atoms with E-state index in [1.165, 1.54) is 60.9 Å². The summed E-state index contributed by atoms with van der Waals surface area (Å²) in [5.41, 5.74) is 14.2. The fourth-order valence-electron chi connectivity index (χ4n) is 11.9. The Kier molecular flexibility index (Phi) is 18.5. The number of carbonyl (C=O) groups excluding carboxylic acids is 6. The number of halogens is 1. The van der Waals surface area contributed by atoms with Crippen LogP contribution < -0.4 is 41.9 Å². The third-order valence-electron chi connectivity index (χ3n) is 16.6. The maximum absolute atomic E-state index is 13.1. The number of para-hydroxylation sites is 6. The number of nitrogens with zero attached hydrogens (tertiary/aromatic N) is 2. The number of rotatable bonds is 5. The van der Waals surface area contributed by atoms with Crippen molar-refractivity contribution >= 4 is 196 Å². The first kappa shape index (κ1) is 63.0. The topological polar surface area (TPSA) is 121 Å². The van der Waals surface area contributed by atoms with Crippen LogP contribution in [0.5, 0.6) is 0 Å². The number of Topliss-reactive ketones (excluding diaryl/α,β-unsaturated/α-hetero) is 4. The minimum absolute atomic E-state index is 0.0334. The summed E-state index contributed by atoms with van der Waals surface area (Å²) in [6.07, 6.45) is 3.46. The normalized spacial score (nSPS) is 13.1. The molecule has 0 unspecified atom stereocenters. The molecule has 9 nitrogen and oxygen atoms in total. The van der Waals surface area contributed by atoms with E-state index in [2.05, 4.69) is 189 Å². The zero-order valence-corrected chi connectivity index (χ0v) is 57.8. The van der Waals surface area contributed by atoms with Crippen LogP contribution >= 0.6 is 15.9 Å². The van der Waals surface area contributed by atoms with Crippen molar-refractivity contribution in [1.82, 2.24) is 0 Å². The second-order valence-electron chi connectivity index (χ2n) is 22.7. The summed E-state index contributed by atoms with van der Waals surface area (Å²) in [5.74, 6) is -0.515. The Hall–Kier alpha value is -10.4. The van der Waals surface area contributed by atoms with Crippen LogP contribution in [0, 0.1) is 0 Å². The van der Waals surface area contributed by atoms with Crippen molar-refractivity contribution < 1.29 is 28.8 Å². The van der Waals surface area contributed by atoms with Crippen molar-refractivity contribution in [2.24, 2.45) is 0 Å². The average molecular weight is 1510 g/mol. The van der Waals surface area contributed by atoms with Gasteiger partial charge in [-0.05, 0) is 45.8 Å². The van der Waals surface area contributed by atoms with Gasteiger partial charge < -0.3 is 0 Å². The Morgan fingerprint density at radius 3 is 1.01 bits per heavy atom. The van der Waals surface area contributed by atoms with Gasteiger partial charge in [-0.15, -0.1) is 0 Å². The minimum atomic E-state index is -0.203. The molecule has 18 rings (SSSR count). The van der Waals surface area contributed by atoms with Gasteiger partial charge in [-0.3, -0.25) is 14.4 Å². The van der Waals surface area contributed by atoms with Gasteiger partial charge in [0, 0.05) is 21.2 Å². The molecule has 462 valence electrons. The Morgan fingerprint density at radius 1 is 0.333 bits per heavy atom. The molecule has 5 aliphatic rings. The molecule has 0 fully saturated rings. The molecule has 1 N–H and O–H groups in total. The molecule has 2 aliphatic carbocycles. The Morgan fingerprint density at radius 2 is 0.635 bits per heavy atom. The maximum atomic E-state index is 13.1. The van der Waals surface area contributed by atoms with Crippen LogP contribution in [0.25, 0.3) is 27.6 Å². The number of hydrogen-bond acceptors (Lipinski definition) is 9. The number of hydrogen-bond donors (Lipinski definition) is 1. The van der Waals surface area contributed by atoms with Crippen LogP contribution in [0.1, 0.15) is 74.1 Å². The van der Waals surface area contributed by atoms with Gasteiger partial charge in [-0.2, -0.15) is 0 Å². The second kappa shape index (κ2) is 28.3. The van der Waals surface area contributed by atoms with Gasteiger partial charge >= 0.3 is 405 Å². The van der Waals surface area contributed by atoms with Crippen LogP contribution in [0.2, 0.25) is 0 Å². The molecule has 0 atom stereocenters. The predicted octanol–water partition coefficient (Wildman–Crippen LogP) is 14.9. The molecule has 3 aliphatic heterocycles. The fraction of sp³-hybridized carbons (Fsp3) is 0.0120. The van der Waals surface area contributed by atoms with Gasteiger partial charge in [0.15, 0.2) is 11.6 Å². The van der Waals surface area contributed by atoms with E-state index in [0.717, 1.165) is 55.5 Å². The van der Waals surface area contributed by atoms with E-state index < -0.39 is 0 Å². The fourth-order valence-corrected chi connectivity index (χ4v) is 18.6. The van der Waals surface area contributed by atoms with Gasteiger partial charge in [0.1, 0.15) is 6.29 Å². The van der Waals surface area contributed by atoms with Crippen LogP contribution in [-0.4, -0.2) is 80.6 Å². The molecule has 0 spiro atoms. The van der Waals surface area contributed by atoms with Gasteiger partial charge in [0.2, 0.25) is 0 Å². The second-order valence-corrected chi connectivity index (χ2v) is 30.4. The number of allylic oxidation sites excluding steroid dienone is 1. The van der Waals surface area contributed by atoms with Crippen molar-refractivity contribution in [3.8, 4) is 0 Å². The first-order chi connectivity index (χ1) is 47.0. The summed E-state index contributed by atoms with van der Waals surface area (Å²) in [5, 5.41) is 7.41. The number of nitrogens with one attached hydrogen (secondary N) is 1. The molecular formula is C83H54BrN3O6Se3. The van der Waals surface area contributed by atoms with Gasteiger partial charge in [-0.25, -0.2) is 0 Å². The van der Waals surface area contributed by atoms with E-state index in [9.17, 15) is 28.8 Å². The number of ketones is 4. The number of fused-ring (bicyclic) bond motifs is 10. The molecule has 0 saturated carbocycles. The molecule has 13 heteroatoms.